The molecule has 7 heteroatoms. The van der Waals surface area contributed by atoms with Crippen LogP contribution < -0.4 is 10.6 Å². The Morgan fingerprint density at radius 3 is 1.56 bits per heavy atom. The fourth-order valence-electron chi connectivity index (χ4n) is 2.60. The first-order chi connectivity index (χ1) is 12.9. The second kappa shape index (κ2) is 9.19. The Hall–Kier alpha value is -3.61. The number of fused-ring (bicyclic) bond motifs is 2. The van der Waals surface area contributed by atoms with Crippen LogP contribution in [0.5, 0.6) is 0 Å². The number of carbonyl (C=O) groups is 3. The van der Waals surface area contributed by atoms with E-state index in [4.69, 9.17) is 15.9 Å². The molecule has 1 aliphatic heterocycles. The zero-order valence-corrected chi connectivity index (χ0v) is 14.5. The monoisotopic (exact) mass is 368 g/mol. The van der Waals surface area contributed by atoms with Crippen LogP contribution in [0.4, 0.5) is 16.2 Å². The molecule has 7 nitrogen and oxygen atoms in total. The van der Waals surface area contributed by atoms with E-state index in [2.05, 4.69) is 0 Å². The highest BCUT2D eigenvalue weighted by Gasteiger charge is 2.21. The van der Waals surface area contributed by atoms with E-state index in [1.165, 1.54) is 0 Å². The fraction of sp³-hybridized carbons (Fsp3) is 0.150. The van der Waals surface area contributed by atoms with Gasteiger partial charge in [0.15, 0.2) is 0 Å². The molecular weight excluding hydrogens is 348 g/mol. The van der Waals surface area contributed by atoms with Gasteiger partial charge in [-0.2, -0.15) is 0 Å². The smallest absolute Gasteiger partial charge is 0.323 e. The second-order valence-corrected chi connectivity index (χ2v) is 5.77. The van der Waals surface area contributed by atoms with E-state index in [1.807, 2.05) is 60.7 Å². The second-order valence-electron chi connectivity index (χ2n) is 5.77. The van der Waals surface area contributed by atoms with Gasteiger partial charge in [0.05, 0.1) is 11.4 Å². The molecule has 0 spiro atoms. The molecule has 0 atom stereocenters. The first kappa shape index (κ1) is 19.7. The van der Waals surface area contributed by atoms with Gasteiger partial charge in [0.2, 0.25) is 0 Å². The molecule has 140 valence electrons. The summed E-state index contributed by atoms with van der Waals surface area (Å²) >= 11 is 0. The number of carboxylic acid groups (broad SMARTS) is 2. The molecule has 2 aromatic carbocycles. The fourth-order valence-corrected chi connectivity index (χ4v) is 2.60. The molecule has 0 saturated carbocycles. The molecule has 2 amide bonds. The topological polar surface area (TPSA) is 121 Å². The van der Waals surface area contributed by atoms with E-state index in [-0.39, 0.29) is 19.3 Å². The molecule has 0 radical (unpaired) electrons. The first-order valence-corrected chi connectivity index (χ1v) is 8.29. The lowest BCUT2D eigenvalue weighted by molar-refractivity contribution is -0.138. The number of carboxylic acids is 2. The molecule has 0 aromatic heterocycles. The van der Waals surface area contributed by atoms with Gasteiger partial charge in [-0.1, -0.05) is 48.6 Å². The van der Waals surface area contributed by atoms with Crippen LogP contribution in [0.1, 0.15) is 30.4 Å². The largest absolute Gasteiger partial charge is 0.481 e. The molecule has 1 heterocycles. The van der Waals surface area contributed by atoms with Crippen molar-refractivity contribution in [2.24, 2.45) is 5.73 Å². The maximum absolute atomic E-state index is 11.8. The molecule has 3 rings (SSSR count). The highest BCUT2D eigenvalue weighted by atomic mass is 16.4. The molecule has 1 aliphatic rings. The predicted molar refractivity (Wildman–Crippen MR) is 103 cm³/mol. The Labute approximate surface area is 156 Å². The lowest BCUT2D eigenvalue weighted by Gasteiger charge is -2.22. The zero-order chi connectivity index (χ0) is 19.8. The number of amides is 2. The number of carbonyl (C=O) groups excluding carboxylic acids is 1. The molecule has 27 heavy (non-hydrogen) atoms. The van der Waals surface area contributed by atoms with Crippen molar-refractivity contribution in [2.75, 3.05) is 4.90 Å². The minimum atomic E-state index is -0.948. The minimum Gasteiger partial charge on any atom is -0.481 e. The third-order valence-electron chi connectivity index (χ3n) is 3.80. The van der Waals surface area contributed by atoms with Gasteiger partial charge in [0.1, 0.15) is 0 Å². The number of hydrogen-bond donors (Lipinski definition) is 3. The third-order valence-corrected chi connectivity index (χ3v) is 3.80. The van der Waals surface area contributed by atoms with Crippen molar-refractivity contribution in [1.29, 1.82) is 0 Å². The maximum atomic E-state index is 11.8. The van der Waals surface area contributed by atoms with Crippen LogP contribution in [0.25, 0.3) is 12.2 Å². The number of rotatable bonds is 4. The molecule has 2 aromatic rings. The molecule has 0 bridgehead atoms. The summed E-state index contributed by atoms with van der Waals surface area (Å²) in [6, 6.07) is 14.9. The number of nitrogens with two attached hydrogens (primary N) is 1. The van der Waals surface area contributed by atoms with Crippen LogP contribution in [0.2, 0.25) is 0 Å². The van der Waals surface area contributed by atoms with E-state index >= 15 is 0 Å². The van der Waals surface area contributed by atoms with Gasteiger partial charge in [0.25, 0.3) is 0 Å². The van der Waals surface area contributed by atoms with Gasteiger partial charge >= 0.3 is 18.0 Å². The molecule has 0 unspecified atom stereocenters. The maximum Gasteiger partial charge on any atom is 0.323 e. The summed E-state index contributed by atoms with van der Waals surface area (Å²) in [5.41, 5.74) is 9.11. The van der Waals surface area contributed by atoms with Crippen molar-refractivity contribution in [3.63, 3.8) is 0 Å². The number of nitrogens with zero attached hydrogens (tertiary/aromatic N) is 1. The molecule has 4 N–H and O–H groups in total. The van der Waals surface area contributed by atoms with Crippen molar-refractivity contribution in [2.45, 2.75) is 19.3 Å². The van der Waals surface area contributed by atoms with Gasteiger partial charge in [0, 0.05) is 12.8 Å². The number of aliphatic carboxylic acids is 2. The van der Waals surface area contributed by atoms with Crippen LogP contribution in [0, 0.1) is 0 Å². The van der Waals surface area contributed by atoms with Gasteiger partial charge in [-0.15, -0.1) is 0 Å². The number of primary amides is 1. The lowest BCUT2D eigenvalue weighted by atomic mass is 10.1. The number of para-hydroxylation sites is 2. The van der Waals surface area contributed by atoms with Crippen molar-refractivity contribution in [1.82, 2.24) is 0 Å². The SMILES string of the molecule is NC(=O)N1c2ccccc2C=Cc2ccccc21.O=C(O)CCCC(=O)O. The van der Waals surface area contributed by atoms with E-state index in [0.29, 0.717) is 0 Å². The quantitative estimate of drug-likeness (QED) is 0.759. The van der Waals surface area contributed by atoms with E-state index in [9.17, 15) is 14.4 Å². The van der Waals surface area contributed by atoms with Crippen molar-refractivity contribution >= 4 is 41.5 Å². The van der Waals surface area contributed by atoms with Crippen LogP contribution in [0.3, 0.4) is 0 Å². The van der Waals surface area contributed by atoms with Crippen molar-refractivity contribution in [3.8, 4) is 0 Å². The van der Waals surface area contributed by atoms with Crippen molar-refractivity contribution < 1.29 is 24.6 Å². The zero-order valence-electron chi connectivity index (χ0n) is 14.5. The molecule has 0 saturated heterocycles. The minimum absolute atomic E-state index is 0.0632. The Balaban J connectivity index is 0.000000249. The number of hydrogen-bond acceptors (Lipinski definition) is 3. The summed E-state index contributed by atoms with van der Waals surface area (Å²) in [6.45, 7) is 0. The number of anilines is 2. The average molecular weight is 368 g/mol. The lowest BCUT2D eigenvalue weighted by Crippen LogP contribution is -2.32. The Morgan fingerprint density at radius 1 is 0.778 bits per heavy atom. The van der Waals surface area contributed by atoms with E-state index < -0.39 is 18.0 Å². The predicted octanol–water partition coefficient (Wildman–Crippen LogP) is 3.71. The number of benzene rings is 2. The van der Waals surface area contributed by atoms with Gasteiger partial charge < -0.3 is 15.9 Å². The highest BCUT2D eigenvalue weighted by Crippen LogP contribution is 2.35. The summed E-state index contributed by atoms with van der Waals surface area (Å²) in [4.78, 5) is 32.9. The van der Waals surface area contributed by atoms with E-state index in [0.717, 1.165) is 22.5 Å². The highest BCUT2D eigenvalue weighted by molar-refractivity contribution is 6.04. The average Bonchev–Trinajstić information content (AvgIpc) is 2.78. The Bertz CT molecular complexity index is 813. The summed E-state index contributed by atoms with van der Waals surface area (Å²) in [5, 5.41) is 16.1. The molecular formula is C20H20N2O5. The summed E-state index contributed by atoms with van der Waals surface area (Å²) < 4.78 is 0. The molecule has 0 aliphatic carbocycles. The third kappa shape index (κ3) is 5.43. The van der Waals surface area contributed by atoms with Crippen LogP contribution in [-0.4, -0.2) is 28.2 Å². The van der Waals surface area contributed by atoms with Crippen molar-refractivity contribution in [3.05, 3.63) is 59.7 Å². The standard InChI is InChI=1S/C15H12N2O.C5H8O4/c16-15(18)17-13-7-3-1-5-11(13)9-10-12-6-2-4-8-14(12)17;6-4(7)2-1-3-5(8)9/h1-10H,(H2,16,18);1-3H2,(H,6,7)(H,8,9). The summed E-state index contributed by atoms with van der Waals surface area (Å²) in [5.74, 6) is -1.90. The van der Waals surface area contributed by atoms with E-state index in [1.54, 1.807) is 4.90 Å². The Kier molecular flexibility index (Phi) is 6.71. The summed E-state index contributed by atoms with van der Waals surface area (Å²) in [6.07, 6.45) is 4.08. The van der Waals surface area contributed by atoms with Crippen LogP contribution in [0.15, 0.2) is 48.5 Å². The number of urea groups is 1. The van der Waals surface area contributed by atoms with Crippen LogP contribution >= 0.6 is 0 Å². The summed E-state index contributed by atoms with van der Waals surface area (Å²) in [7, 11) is 0. The first-order valence-electron chi connectivity index (χ1n) is 8.29. The van der Waals surface area contributed by atoms with Gasteiger partial charge in [-0.05, 0) is 29.7 Å². The molecule has 0 fully saturated rings. The Morgan fingerprint density at radius 2 is 1.19 bits per heavy atom. The van der Waals surface area contributed by atoms with Gasteiger partial charge in [-0.3, -0.25) is 14.5 Å². The van der Waals surface area contributed by atoms with Crippen LogP contribution in [-0.2, 0) is 9.59 Å². The van der Waals surface area contributed by atoms with Gasteiger partial charge in [-0.25, -0.2) is 4.79 Å². The normalized spacial score (nSPS) is 11.3.